The summed E-state index contributed by atoms with van der Waals surface area (Å²) in [5.41, 5.74) is 0.372. The molecule has 0 saturated heterocycles. The van der Waals surface area contributed by atoms with E-state index in [4.69, 9.17) is 0 Å². The molecule has 0 amide bonds. The molecule has 0 atom stereocenters. The lowest BCUT2D eigenvalue weighted by Crippen LogP contribution is -2.04. The Morgan fingerprint density at radius 2 is 2.13 bits per heavy atom. The Hall–Kier alpha value is -1.86. The van der Waals surface area contributed by atoms with Crippen molar-refractivity contribution in [2.45, 2.75) is 6.18 Å². The average Bonchev–Trinajstić information content (AvgIpc) is 2.69. The molecule has 0 saturated carbocycles. The molecule has 0 aliphatic rings. The third-order valence-electron chi connectivity index (χ3n) is 1.63. The molecule has 2 aromatic rings. The van der Waals surface area contributed by atoms with Crippen LogP contribution in [0.1, 0.15) is 5.89 Å². The number of alkyl halides is 3. The second-order valence-corrected chi connectivity index (χ2v) is 2.82. The van der Waals surface area contributed by atoms with Crippen LogP contribution in [0.15, 0.2) is 16.9 Å². The van der Waals surface area contributed by atoms with Gasteiger partial charge in [-0.15, -0.1) is 0 Å². The van der Waals surface area contributed by atoms with Crippen molar-refractivity contribution in [2.75, 3.05) is 0 Å². The predicted molar refractivity (Wildman–Crippen MR) is 41.5 cm³/mol. The highest BCUT2D eigenvalue weighted by atomic mass is 19.4. The zero-order chi connectivity index (χ0) is 11.1. The lowest BCUT2D eigenvalue weighted by atomic mass is 10.3. The van der Waals surface area contributed by atoms with Gasteiger partial charge in [-0.1, -0.05) is 5.16 Å². The molecule has 0 aliphatic heterocycles. The molecule has 15 heavy (non-hydrogen) atoms. The van der Waals surface area contributed by atoms with E-state index in [9.17, 15) is 13.2 Å². The molecular formula is C7H5F3N4O. The van der Waals surface area contributed by atoms with Gasteiger partial charge < -0.3 is 4.52 Å². The topological polar surface area (TPSA) is 56.7 Å². The molecule has 0 fully saturated rings. The summed E-state index contributed by atoms with van der Waals surface area (Å²) in [7, 11) is 1.63. The SMILES string of the molecule is Cn1cc(-c2noc(C(F)(F)F)n2)cn1. The van der Waals surface area contributed by atoms with E-state index in [0.717, 1.165) is 0 Å². The van der Waals surface area contributed by atoms with Crippen LogP contribution in [0, 0.1) is 0 Å². The molecule has 8 heteroatoms. The van der Waals surface area contributed by atoms with Gasteiger partial charge in [0.05, 0.1) is 11.8 Å². The molecule has 0 N–H and O–H groups in total. The Morgan fingerprint density at radius 3 is 2.60 bits per heavy atom. The predicted octanol–water partition coefficient (Wildman–Crippen LogP) is 1.49. The Balaban J connectivity index is 2.36. The highest BCUT2D eigenvalue weighted by Crippen LogP contribution is 2.29. The van der Waals surface area contributed by atoms with Crippen LogP contribution in [0.25, 0.3) is 11.4 Å². The summed E-state index contributed by atoms with van der Waals surface area (Å²) in [6.45, 7) is 0. The summed E-state index contributed by atoms with van der Waals surface area (Å²) in [5.74, 6) is -1.49. The minimum atomic E-state index is -4.62. The number of hydrogen-bond donors (Lipinski definition) is 0. The minimum Gasteiger partial charge on any atom is -0.329 e. The summed E-state index contributed by atoms with van der Waals surface area (Å²) in [5, 5.41) is 6.98. The van der Waals surface area contributed by atoms with E-state index in [-0.39, 0.29) is 5.82 Å². The van der Waals surface area contributed by atoms with Gasteiger partial charge in [0, 0.05) is 13.2 Å². The molecule has 2 heterocycles. The fourth-order valence-electron chi connectivity index (χ4n) is 0.993. The van der Waals surface area contributed by atoms with Gasteiger partial charge in [-0.2, -0.15) is 23.3 Å². The van der Waals surface area contributed by atoms with Crippen molar-refractivity contribution in [1.82, 2.24) is 19.9 Å². The summed E-state index contributed by atoms with van der Waals surface area (Å²) in [6, 6.07) is 0. The number of aryl methyl sites for hydroxylation is 1. The fraction of sp³-hybridized carbons (Fsp3) is 0.286. The number of nitrogens with zero attached hydrogens (tertiary/aromatic N) is 4. The average molecular weight is 218 g/mol. The lowest BCUT2D eigenvalue weighted by molar-refractivity contribution is -0.159. The third kappa shape index (κ3) is 1.83. The van der Waals surface area contributed by atoms with E-state index in [2.05, 4.69) is 19.8 Å². The quantitative estimate of drug-likeness (QED) is 0.727. The van der Waals surface area contributed by atoms with Crippen molar-refractivity contribution in [1.29, 1.82) is 0 Å². The van der Waals surface area contributed by atoms with Gasteiger partial charge in [0.15, 0.2) is 0 Å². The normalized spacial score (nSPS) is 12.0. The van der Waals surface area contributed by atoms with Gasteiger partial charge >= 0.3 is 12.1 Å². The molecular weight excluding hydrogens is 213 g/mol. The second-order valence-electron chi connectivity index (χ2n) is 2.82. The first-order chi connectivity index (χ1) is 6.97. The van der Waals surface area contributed by atoms with E-state index in [1.165, 1.54) is 17.1 Å². The first-order valence-electron chi connectivity index (χ1n) is 3.87. The van der Waals surface area contributed by atoms with Crippen LogP contribution in [-0.2, 0) is 13.2 Å². The maximum Gasteiger partial charge on any atom is 0.471 e. The first kappa shape index (κ1) is 9.69. The highest BCUT2D eigenvalue weighted by Gasteiger charge is 2.38. The number of halogens is 3. The van der Waals surface area contributed by atoms with E-state index in [1.807, 2.05) is 0 Å². The van der Waals surface area contributed by atoms with Crippen molar-refractivity contribution in [3.63, 3.8) is 0 Å². The van der Waals surface area contributed by atoms with Crippen LogP contribution >= 0.6 is 0 Å². The second kappa shape index (κ2) is 3.07. The fourth-order valence-corrected chi connectivity index (χ4v) is 0.993. The molecule has 0 aromatic carbocycles. The molecule has 0 bridgehead atoms. The Labute approximate surface area is 81.5 Å². The third-order valence-corrected chi connectivity index (χ3v) is 1.63. The summed E-state index contributed by atoms with van der Waals surface area (Å²) in [4.78, 5) is 3.21. The molecule has 0 spiro atoms. The van der Waals surface area contributed by atoms with Gasteiger partial charge in [-0.3, -0.25) is 4.68 Å². The molecule has 2 rings (SSSR count). The molecule has 0 aliphatic carbocycles. The monoisotopic (exact) mass is 218 g/mol. The minimum absolute atomic E-state index is 0.129. The maximum absolute atomic E-state index is 12.1. The van der Waals surface area contributed by atoms with E-state index in [0.29, 0.717) is 5.56 Å². The van der Waals surface area contributed by atoms with Gasteiger partial charge in [0.1, 0.15) is 0 Å². The maximum atomic E-state index is 12.1. The number of hydrogen-bond acceptors (Lipinski definition) is 4. The van der Waals surface area contributed by atoms with Crippen LogP contribution in [0.3, 0.4) is 0 Å². The summed E-state index contributed by atoms with van der Waals surface area (Å²) < 4.78 is 41.8. The Kier molecular flexibility index (Phi) is 1.98. The summed E-state index contributed by atoms with van der Waals surface area (Å²) >= 11 is 0. The van der Waals surface area contributed by atoms with Crippen molar-refractivity contribution >= 4 is 0 Å². The van der Waals surface area contributed by atoms with Crippen LogP contribution in [0.4, 0.5) is 13.2 Å². The molecule has 0 unspecified atom stereocenters. The smallest absolute Gasteiger partial charge is 0.329 e. The van der Waals surface area contributed by atoms with Crippen LogP contribution in [-0.4, -0.2) is 19.9 Å². The Bertz CT molecular complexity index is 473. The van der Waals surface area contributed by atoms with E-state index in [1.54, 1.807) is 7.05 Å². The van der Waals surface area contributed by atoms with Crippen LogP contribution in [0.5, 0.6) is 0 Å². The first-order valence-corrected chi connectivity index (χ1v) is 3.87. The zero-order valence-corrected chi connectivity index (χ0v) is 7.49. The van der Waals surface area contributed by atoms with Crippen LogP contribution < -0.4 is 0 Å². The van der Waals surface area contributed by atoms with Gasteiger partial charge in [-0.25, -0.2) is 0 Å². The largest absolute Gasteiger partial charge is 0.471 e. The summed E-state index contributed by atoms with van der Waals surface area (Å²) in [6.07, 6.45) is -1.77. The van der Waals surface area contributed by atoms with E-state index >= 15 is 0 Å². The van der Waals surface area contributed by atoms with Gasteiger partial charge in [0.2, 0.25) is 5.82 Å². The zero-order valence-electron chi connectivity index (χ0n) is 7.49. The molecule has 0 radical (unpaired) electrons. The number of aromatic nitrogens is 4. The number of rotatable bonds is 1. The van der Waals surface area contributed by atoms with Crippen molar-refractivity contribution in [2.24, 2.45) is 7.05 Å². The lowest BCUT2D eigenvalue weighted by Gasteiger charge is -1.95. The molecule has 80 valence electrons. The van der Waals surface area contributed by atoms with Crippen molar-refractivity contribution in [3.8, 4) is 11.4 Å². The molecule has 2 aromatic heterocycles. The highest BCUT2D eigenvalue weighted by molar-refractivity contribution is 5.50. The van der Waals surface area contributed by atoms with Crippen molar-refractivity contribution in [3.05, 3.63) is 18.3 Å². The van der Waals surface area contributed by atoms with Gasteiger partial charge in [0.25, 0.3) is 0 Å². The standard InChI is InChI=1S/C7H5F3N4O/c1-14-3-4(2-11-14)5-12-6(15-13-5)7(8,9)10/h2-3H,1H3. The van der Waals surface area contributed by atoms with Gasteiger partial charge in [-0.05, 0) is 0 Å². The van der Waals surface area contributed by atoms with Crippen molar-refractivity contribution < 1.29 is 17.7 Å². The van der Waals surface area contributed by atoms with E-state index < -0.39 is 12.1 Å². The molecule has 5 nitrogen and oxygen atoms in total. The van der Waals surface area contributed by atoms with Crippen LogP contribution in [0.2, 0.25) is 0 Å². The Morgan fingerprint density at radius 1 is 1.40 bits per heavy atom.